The van der Waals surface area contributed by atoms with Gasteiger partial charge in [0.25, 0.3) is 0 Å². The number of anilines is 2. The molecular weight excluding hydrogens is 266 g/mol. The molecule has 1 aromatic heterocycles. The predicted molar refractivity (Wildman–Crippen MR) is 82.5 cm³/mol. The number of hydrogen-bond acceptors (Lipinski definition) is 5. The van der Waals surface area contributed by atoms with E-state index in [-0.39, 0.29) is 0 Å². The molecule has 2 fully saturated rings. The van der Waals surface area contributed by atoms with E-state index >= 15 is 0 Å². The van der Waals surface area contributed by atoms with Crippen molar-refractivity contribution in [3.63, 3.8) is 0 Å². The average molecular weight is 289 g/mol. The normalized spacial score (nSPS) is 20.7. The van der Waals surface area contributed by atoms with Gasteiger partial charge >= 0.3 is 0 Å². The topological polar surface area (TPSA) is 52.6 Å². The van der Waals surface area contributed by atoms with Gasteiger partial charge in [0.1, 0.15) is 5.82 Å². The zero-order valence-corrected chi connectivity index (χ0v) is 12.6. The third-order valence-corrected chi connectivity index (χ3v) is 4.48. The maximum Gasteiger partial charge on any atom is 0.227 e. The molecule has 0 saturated carbocycles. The molecule has 0 aromatic carbocycles. The number of piperazine rings is 1. The number of carbonyl (C=O) groups is 1. The lowest BCUT2D eigenvalue weighted by Gasteiger charge is -2.34. The molecule has 2 aliphatic heterocycles. The van der Waals surface area contributed by atoms with Crippen molar-refractivity contribution in [2.75, 3.05) is 49.1 Å². The van der Waals surface area contributed by atoms with Crippen LogP contribution < -0.4 is 9.80 Å². The Kier molecular flexibility index (Phi) is 4.22. The Morgan fingerprint density at radius 2 is 1.81 bits per heavy atom. The first kappa shape index (κ1) is 14.1. The van der Waals surface area contributed by atoms with Gasteiger partial charge < -0.3 is 14.7 Å². The molecule has 2 aliphatic rings. The fraction of sp³-hybridized carbons (Fsp3) is 0.667. The number of hydrogen-bond donors (Lipinski definition) is 0. The van der Waals surface area contributed by atoms with Gasteiger partial charge in [-0.15, -0.1) is 0 Å². The summed E-state index contributed by atoms with van der Waals surface area (Å²) >= 11 is 0. The van der Waals surface area contributed by atoms with Gasteiger partial charge in [0.15, 0.2) is 0 Å². The SMILES string of the molecule is CC1CCN(c2ccnc(N3CCN(C=O)CC3)n2)CC1. The minimum Gasteiger partial charge on any atom is -0.356 e. The summed E-state index contributed by atoms with van der Waals surface area (Å²) < 4.78 is 0. The fourth-order valence-electron chi connectivity index (χ4n) is 2.93. The summed E-state index contributed by atoms with van der Waals surface area (Å²) in [6.45, 7) is 7.58. The van der Waals surface area contributed by atoms with Crippen molar-refractivity contribution in [3.05, 3.63) is 12.3 Å². The molecule has 0 N–H and O–H groups in total. The Bertz CT molecular complexity index is 479. The summed E-state index contributed by atoms with van der Waals surface area (Å²) in [6.07, 6.45) is 5.24. The molecule has 114 valence electrons. The predicted octanol–water partition coefficient (Wildman–Crippen LogP) is 0.991. The van der Waals surface area contributed by atoms with E-state index in [0.29, 0.717) is 0 Å². The van der Waals surface area contributed by atoms with E-state index < -0.39 is 0 Å². The van der Waals surface area contributed by atoms with Crippen molar-refractivity contribution in [3.8, 4) is 0 Å². The first-order valence-electron chi connectivity index (χ1n) is 7.78. The van der Waals surface area contributed by atoms with Crippen LogP contribution in [0.4, 0.5) is 11.8 Å². The third-order valence-electron chi connectivity index (χ3n) is 4.48. The number of carbonyl (C=O) groups excluding carboxylic acids is 1. The number of rotatable bonds is 3. The summed E-state index contributed by atoms with van der Waals surface area (Å²) in [5.74, 6) is 2.64. The second-order valence-electron chi connectivity index (χ2n) is 6.01. The lowest BCUT2D eigenvalue weighted by molar-refractivity contribution is -0.118. The quantitative estimate of drug-likeness (QED) is 0.777. The highest BCUT2D eigenvalue weighted by Gasteiger charge is 2.20. The smallest absolute Gasteiger partial charge is 0.227 e. The molecule has 0 unspecified atom stereocenters. The fourth-order valence-corrected chi connectivity index (χ4v) is 2.93. The number of aromatic nitrogens is 2. The van der Waals surface area contributed by atoms with Crippen molar-refractivity contribution < 1.29 is 4.79 Å². The van der Waals surface area contributed by atoms with Gasteiger partial charge in [-0.05, 0) is 24.8 Å². The van der Waals surface area contributed by atoms with E-state index in [1.165, 1.54) is 12.8 Å². The molecule has 1 amide bonds. The molecule has 0 atom stereocenters. The summed E-state index contributed by atoms with van der Waals surface area (Å²) in [4.78, 5) is 26.2. The molecule has 21 heavy (non-hydrogen) atoms. The van der Waals surface area contributed by atoms with Gasteiger partial charge in [-0.3, -0.25) is 4.79 Å². The van der Waals surface area contributed by atoms with Crippen LogP contribution in [-0.2, 0) is 4.79 Å². The maximum absolute atomic E-state index is 10.8. The molecule has 2 saturated heterocycles. The van der Waals surface area contributed by atoms with Crippen LogP contribution in [0.15, 0.2) is 12.3 Å². The average Bonchev–Trinajstić information content (AvgIpc) is 2.56. The monoisotopic (exact) mass is 289 g/mol. The van der Waals surface area contributed by atoms with Crippen molar-refractivity contribution in [1.82, 2.24) is 14.9 Å². The number of piperidine rings is 1. The van der Waals surface area contributed by atoms with Gasteiger partial charge in [0, 0.05) is 45.5 Å². The Morgan fingerprint density at radius 1 is 1.10 bits per heavy atom. The van der Waals surface area contributed by atoms with Gasteiger partial charge in [0.05, 0.1) is 0 Å². The molecule has 6 heteroatoms. The second-order valence-corrected chi connectivity index (χ2v) is 6.01. The largest absolute Gasteiger partial charge is 0.356 e. The van der Waals surface area contributed by atoms with Crippen LogP contribution in [0.2, 0.25) is 0 Å². The van der Waals surface area contributed by atoms with Crippen molar-refractivity contribution in [1.29, 1.82) is 0 Å². The molecule has 0 radical (unpaired) electrons. The van der Waals surface area contributed by atoms with Gasteiger partial charge in [-0.1, -0.05) is 6.92 Å². The highest BCUT2D eigenvalue weighted by Crippen LogP contribution is 2.22. The van der Waals surface area contributed by atoms with Crippen LogP contribution in [0.3, 0.4) is 0 Å². The molecule has 0 aliphatic carbocycles. The molecule has 0 spiro atoms. The van der Waals surface area contributed by atoms with E-state index in [4.69, 9.17) is 4.98 Å². The molecule has 6 nitrogen and oxygen atoms in total. The Balaban J connectivity index is 1.67. The van der Waals surface area contributed by atoms with E-state index in [1.54, 1.807) is 4.90 Å². The second kappa shape index (κ2) is 6.28. The van der Waals surface area contributed by atoms with E-state index in [0.717, 1.165) is 63.4 Å². The first-order valence-corrected chi connectivity index (χ1v) is 7.78. The van der Waals surface area contributed by atoms with Crippen LogP contribution in [0.5, 0.6) is 0 Å². The minimum atomic E-state index is 0.748. The Hall–Kier alpha value is -1.85. The van der Waals surface area contributed by atoms with Crippen molar-refractivity contribution in [2.45, 2.75) is 19.8 Å². The van der Waals surface area contributed by atoms with Crippen LogP contribution in [0.1, 0.15) is 19.8 Å². The standard InChI is InChI=1S/C15H23N5O/c1-13-3-6-19(7-4-13)14-2-5-16-15(17-14)20-10-8-18(12-21)9-11-20/h2,5,12-13H,3-4,6-11H2,1H3. The maximum atomic E-state index is 10.8. The van der Waals surface area contributed by atoms with Gasteiger partial charge in [0.2, 0.25) is 12.4 Å². The Labute approximate surface area is 125 Å². The molecule has 3 heterocycles. The summed E-state index contributed by atoms with van der Waals surface area (Å²) in [7, 11) is 0. The first-order chi connectivity index (χ1) is 10.3. The number of amides is 1. The summed E-state index contributed by atoms with van der Waals surface area (Å²) in [5, 5.41) is 0. The lowest BCUT2D eigenvalue weighted by Crippen LogP contribution is -2.46. The highest BCUT2D eigenvalue weighted by atomic mass is 16.1. The zero-order valence-electron chi connectivity index (χ0n) is 12.6. The molecule has 1 aromatic rings. The van der Waals surface area contributed by atoms with E-state index in [9.17, 15) is 4.79 Å². The zero-order chi connectivity index (χ0) is 14.7. The van der Waals surface area contributed by atoms with Gasteiger partial charge in [-0.25, -0.2) is 4.98 Å². The highest BCUT2D eigenvalue weighted by molar-refractivity contribution is 5.49. The Morgan fingerprint density at radius 3 is 2.48 bits per heavy atom. The third kappa shape index (κ3) is 3.25. The molecule has 0 bridgehead atoms. The van der Waals surface area contributed by atoms with Crippen LogP contribution >= 0.6 is 0 Å². The van der Waals surface area contributed by atoms with Crippen molar-refractivity contribution in [2.24, 2.45) is 5.92 Å². The van der Waals surface area contributed by atoms with Crippen LogP contribution in [0, 0.1) is 5.92 Å². The van der Waals surface area contributed by atoms with E-state index in [2.05, 4.69) is 21.7 Å². The summed E-state index contributed by atoms with van der Waals surface area (Å²) in [5.41, 5.74) is 0. The number of nitrogens with zero attached hydrogens (tertiary/aromatic N) is 5. The molecule has 3 rings (SSSR count). The lowest BCUT2D eigenvalue weighted by atomic mass is 9.99. The van der Waals surface area contributed by atoms with Crippen LogP contribution in [-0.4, -0.2) is 60.5 Å². The van der Waals surface area contributed by atoms with Crippen LogP contribution in [0.25, 0.3) is 0 Å². The van der Waals surface area contributed by atoms with Crippen molar-refractivity contribution >= 4 is 18.2 Å². The minimum absolute atomic E-state index is 0.748. The van der Waals surface area contributed by atoms with Gasteiger partial charge in [-0.2, -0.15) is 4.98 Å². The summed E-state index contributed by atoms with van der Waals surface area (Å²) in [6, 6.07) is 2.00. The van der Waals surface area contributed by atoms with E-state index in [1.807, 2.05) is 12.3 Å². The molecular formula is C15H23N5O.